The Morgan fingerprint density at radius 3 is 3.06 bits per heavy atom. The van der Waals surface area contributed by atoms with Gasteiger partial charge in [-0.15, -0.1) is 0 Å². The minimum absolute atomic E-state index is 0.124. The van der Waals surface area contributed by atoms with Gasteiger partial charge in [-0.1, -0.05) is 17.7 Å². The first kappa shape index (κ1) is 12.7. The molecule has 1 aliphatic rings. The van der Waals surface area contributed by atoms with Crippen molar-refractivity contribution in [2.24, 2.45) is 0 Å². The van der Waals surface area contributed by atoms with Crippen molar-refractivity contribution >= 4 is 17.3 Å². The summed E-state index contributed by atoms with van der Waals surface area (Å²) in [5, 5.41) is 13.7. The highest BCUT2D eigenvalue weighted by atomic mass is 35.5. The molecule has 17 heavy (non-hydrogen) atoms. The van der Waals surface area contributed by atoms with Crippen molar-refractivity contribution in [2.75, 3.05) is 24.6 Å². The molecule has 2 atom stereocenters. The molecule has 0 saturated carbocycles. The molecule has 3 nitrogen and oxygen atoms in total. The highest BCUT2D eigenvalue weighted by Crippen LogP contribution is 2.23. The summed E-state index contributed by atoms with van der Waals surface area (Å²) in [5.74, 6) is 0. The van der Waals surface area contributed by atoms with Gasteiger partial charge in [0.2, 0.25) is 0 Å². The van der Waals surface area contributed by atoms with Crippen LogP contribution in [0.25, 0.3) is 0 Å². The van der Waals surface area contributed by atoms with Crippen LogP contribution in [0.2, 0.25) is 5.02 Å². The predicted octanol–water partition coefficient (Wildman–Crippen LogP) is 1.89. The van der Waals surface area contributed by atoms with E-state index < -0.39 is 0 Å². The molecule has 1 fully saturated rings. The van der Waals surface area contributed by atoms with Gasteiger partial charge in [-0.25, -0.2) is 0 Å². The molecule has 94 valence electrons. The number of aliphatic hydroxyl groups is 1. The van der Waals surface area contributed by atoms with Gasteiger partial charge in [0.15, 0.2) is 0 Å². The van der Waals surface area contributed by atoms with Crippen molar-refractivity contribution in [3.05, 3.63) is 29.3 Å². The van der Waals surface area contributed by atoms with E-state index in [-0.39, 0.29) is 12.6 Å². The van der Waals surface area contributed by atoms with Gasteiger partial charge in [0.1, 0.15) is 0 Å². The lowest BCUT2D eigenvalue weighted by atomic mass is 10.2. The van der Waals surface area contributed by atoms with Crippen LogP contribution in [0, 0.1) is 0 Å². The third kappa shape index (κ3) is 3.12. The molecular formula is C13H19ClN2O. The van der Waals surface area contributed by atoms with Crippen molar-refractivity contribution in [3.8, 4) is 0 Å². The molecule has 0 amide bonds. The Hall–Kier alpha value is -0.770. The van der Waals surface area contributed by atoms with Gasteiger partial charge in [-0.2, -0.15) is 0 Å². The van der Waals surface area contributed by atoms with Crippen LogP contribution in [0.4, 0.5) is 5.69 Å². The summed E-state index contributed by atoms with van der Waals surface area (Å²) in [5.41, 5.74) is 1.09. The molecule has 1 heterocycles. The maximum atomic E-state index is 9.49. The molecule has 0 bridgehead atoms. The highest BCUT2D eigenvalue weighted by molar-refractivity contribution is 6.30. The van der Waals surface area contributed by atoms with Gasteiger partial charge in [0.25, 0.3) is 0 Å². The summed E-state index contributed by atoms with van der Waals surface area (Å²) in [4.78, 5) is 2.24. The fraction of sp³-hybridized carbons (Fsp3) is 0.538. The Balaban J connectivity index is 2.21. The molecule has 1 aliphatic heterocycles. The molecule has 0 radical (unpaired) electrons. The van der Waals surface area contributed by atoms with Gasteiger partial charge < -0.3 is 15.3 Å². The molecule has 1 saturated heterocycles. The van der Waals surface area contributed by atoms with E-state index in [1.54, 1.807) is 0 Å². The topological polar surface area (TPSA) is 35.5 Å². The van der Waals surface area contributed by atoms with E-state index in [1.807, 2.05) is 24.3 Å². The SMILES string of the molecule is CC1CCN(c2cccc(Cl)c2)C(CO)CN1. The Bertz CT molecular complexity index is 372. The Morgan fingerprint density at radius 2 is 2.35 bits per heavy atom. The van der Waals surface area contributed by atoms with Crippen molar-refractivity contribution in [1.82, 2.24) is 5.32 Å². The van der Waals surface area contributed by atoms with Gasteiger partial charge >= 0.3 is 0 Å². The summed E-state index contributed by atoms with van der Waals surface area (Å²) >= 11 is 6.02. The minimum atomic E-state index is 0.124. The lowest BCUT2D eigenvalue weighted by Gasteiger charge is -2.30. The summed E-state index contributed by atoms with van der Waals surface area (Å²) in [7, 11) is 0. The van der Waals surface area contributed by atoms with E-state index in [9.17, 15) is 5.11 Å². The van der Waals surface area contributed by atoms with Gasteiger partial charge in [0, 0.05) is 29.8 Å². The number of nitrogens with one attached hydrogen (secondary N) is 1. The maximum Gasteiger partial charge on any atom is 0.0647 e. The van der Waals surface area contributed by atoms with E-state index in [0.717, 1.165) is 30.2 Å². The maximum absolute atomic E-state index is 9.49. The van der Waals surface area contributed by atoms with Crippen LogP contribution in [-0.4, -0.2) is 36.9 Å². The Kier molecular flexibility index (Phi) is 4.26. The van der Waals surface area contributed by atoms with Crippen LogP contribution >= 0.6 is 11.6 Å². The minimum Gasteiger partial charge on any atom is -0.394 e. The van der Waals surface area contributed by atoms with Crippen LogP contribution in [0.3, 0.4) is 0 Å². The molecule has 4 heteroatoms. The van der Waals surface area contributed by atoms with E-state index >= 15 is 0 Å². The van der Waals surface area contributed by atoms with Gasteiger partial charge in [0.05, 0.1) is 12.6 Å². The second kappa shape index (κ2) is 5.71. The normalized spacial score (nSPS) is 25.7. The number of aliphatic hydroxyl groups excluding tert-OH is 1. The third-order valence-electron chi connectivity index (χ3n) is 3.30. The fourth-order valence-electron chi connectivity index (χ4n) is 2.22. The van der Waals surface area contributed by atoms with Crippen LogP contribution in [0.5, 0.6) is 0 Å². The van der Waals surface area contributed by atoms with Crippen molar-refractivity contribution < 1.29 is 5.11 Å². The van der Waals surface area contributed by atoms with Crippen molar-refractivity contribution in [1.29, 1.82) is 0 Å². The standard InChI is InChI=1S/C13H19ClN2O/c1-10-5-6-16(13(9-17)8-15-10)12-4-2-3-11(14)7-12/h2-4,7,10,13,15,17H,5-6,8-9H2,1H3. The molecule has 0 aromatic heterocycles. The highest BCUT2D eigenvalue weighted by Gasteiger charge is 2.22. The van der Waals surface area contributed by atoms with Crippen molar-refractivity contribution in [3.63, 3.8) is 0 Å². The Morgan fingerprint density at radius 1 is 1.53 bits per heavy atom. The molecular weight excluding hydrogens is 236 g/mol. The lowest BCUT2D eigenvalue weighted by molar-refractivity contribution is 0.259. The molecule has 1 aromatic carbocycles. The van der Waals surface area contributed by atoms with Crippen LogP contribution in [0.1, 0.15) is 13.3 Å². The number of rotatable bonds is 2. The first-order valence-corrected chi connectivity index (χ1v) is 6.45. The van der Waals surface area contributed by atoms with Crippen molar-refractivity contribution in [2.45, 2.75) is 25.4 Å². The molecule has 2 N–H and O–H groups in total. The van der Waals surface area contributed by atoms with E-state index in [0.29, 0.717) is 6.04 Å². The third-order valence-corrected chi connectivity index (χ3v) is 3.53. The quantitative estimate of drug-likeness (QED) is 0.846. The molecule has 2 rings (SSSR count). The summed E-state index contributed by atoms with van der Waals surface area (Å²) in [6, 6.07) is 8.45. The number of anilines is 1. The van der Waals surface area contributed by atoms with Gasteiger partial charge in [-0.3, -0.25) is 0 Å². The first-order chi connectivity index (χ1) is 8.20. The largest absolute Gasteiger partial charge is 0.394 e. The second-order valence-electron chi connectivity index (χ2n) is 4.61. The number of nitrogens with zero attached hydrogens (tertiary/aromatic N) is 1. The predicted molar refractivity (Wildman–Crippen MR) is 71.8 cm³/mol. The zero-order chi connectivity index (χ0) is 12.3. The first-order valence-electron chi connectivity index (χ1n) is 6.07. The number of hydrogen-bond donors (Lipinski definition) is 2. The van der Waals surface area contributed by atoms with Crippen LogP contribution in [-0.2, 0) is 0 Å². The second-order valence-corrected chi connectivity index (χ2v) is 5.04. The van der Waals surface area contributed by atoms with Crippen LogP contribution < -0.4 is 10.2 Å². The summed E-state index contributed by atoms with van der Waals surface area (Å²) in [6.07, 6.45) is 1.07. The number of benzene rings is 1. The molecule has 0 aliphatic carbocycles. The molecule has 2 unspecified atom stereocenters. The summed E-state index contributed by atoms with van der Waals surface area (Å²) in [6.45, 7) is 4.09. The lowest BCUT2D eigenvalue weighted by Crippen LogP contribution is -2.42. The summed E-state index contributed by atoms with van der Waals surface area (Å²) < 4.78 is 0. The monoisotopic (exact) mass is 254 g/mol. The van der Waals surface area contributed by atoms with E-state index in [2.05, 4.69) is 17.1 Å². The zero-order valence-electron chi connectivity index (χ0n) is 10.1. The Labute approximate surface area is 107 Å². The zero-order valence-corrected chi connectivity index (χ0v) is 10.8. The van der Waals surface area contributed by atoms with E-state index in [4.69, 9.17) is 11.6 Å². The smallest absolute Gasteiger partial charge is 0.0647 e. The average Bonchev–Trinajstić information content (AvgIpc) is 2.51. The molecule has 1 aromatic rings. The fourth-order valence-corrected chi connectivity index (χ4v) is 2.41. The average molecular weight is 255 g/mol. The number of hydrogen-bond acceptors (Lipinski definition) is 3. The molecule has 0 spiro atoms. The number of halogens is 1. The van der Waals surface area contributed by atoms with Gasteiger partial charge in [-0.05, 0) is 31.5 Å². The van der Waals surface area contributed by atoms with E-state index in [1.165, 1.54) is 0 Å². The van der Waals surface area contributed by atoms with Crippen LogP contribution in [0.15, 0.2) is 24.3 Å².